The number of anilines is 1. The molecule has 0 unspecified atom stereocenters. The second-order valence-electron chi connectivity index (χ2n) is 4.80. The van der Waals surface area contributed by atoms with Crippen LogP contribution in [0.25, 0.3) is 0 Å². The lowest BCUT2D eigenvalue weighted by Crippen LogP contribution is -2.33. The van der Waals surface area contributed by atoms with Crippen molar-refractivity contribution in [2.24, 2.45) is 5.10 Å². The normalized spacial score (nSPS) is 10.9. The maximum atomic E-state index is 12.9. The van der Waals surface area contributed by atoms with Gasteiger partial charge >= 0.3 is 11.8 Å². The predicted molar refractivity (Wildman–Crippen MR) is 88.4 cm³/mol. The van der Waals surface area contributed by atoms with Crippen LogP contribution in [-0.4, -0.2) is 24.6 Å². The highest BCUT2D eigenvalue weighted by molar-refractivity contribution is 6.39. The van der Waals surface area contributed by atoms with E-state index < -0.39 is 11.8 Å². The second-order valence-corrected chi connectivity index (χ2v) is 4.80. The molecule has 0 aliphatic heterocycles. The summed E-state index contributed by atoms with van der Waals surface area (Å²) >= 11 is 0. The van der Waals surface area contributed by atoms with Crippen LogP contribution in [0.4, 0.5) is 10.1 Å². The zero-order valence-corrected chi connectivity index (χ0v) is 13.2. The molecule has 0 radical (unpaired) electrons. The van der Waals surface area contributed by atoms with Gasteiger partial charge in [0.15, 0.2) is 0 Å². The van der Waals surface area contributed by atoms with Gasteiger partial charge in [-0.3, -0.25) is 9.59 Å². The topological polar surface area (TPSA) is 79.8 Å². The van der Waals surface area contributed by atoms with Crippen LogP contribution in [0, 0.1) is 5.82 Å². The molecule has 2 amide bonds. The lowest BCUT2D eigenvalue weighted by Gasteiger charge is -2.09. The van der Waals surface area contributed by atoms with E-state index >= 15 is 0 Å². The van der Waals surface area contributed by atoms with Gasteiger partial charge in [0.05, 0.1) is 18.5 Å². The molecule has 2 N–H and O–H groups in total. The quantitative estimate of drug-likeness (QED) is 0.513. The lowest BCUT2D eigenvalue weighted by atomic mass is 10.1. The summed E-state index contributed by atoms with van der Waals surface area (Å²) < 4.78 is 18.0. The van der Waals surface area contributed by atoms with Crippen molar-refractivity contribution >= 4 is 23.2 Å². The number of para-hydroxylation sites is 2. The maximum absolute atomic E-state index is 12.9. The van der Waals surface area contributed by atoms with Gasteiger partial charge in [0.25, 0.3) is 0 Å². The van der Waals surface area contributed by atoms with Crippen LogP contribution in [0.2, 0.25) is 0 Å². The van der Waals surface area contributed by atoms with E-state index in [-0.39, 0.29) is 5.82 Å². The zero-order chi connectivity index (χ0) is 17.5. The number of hydrogen-bond acceptors (Lipinski definition) is 4. The Morgan fingerprint density at radius 1 is 1.04 bits per heavy atom. The van der Waals surface area contributed by atoms with Crippen molar-refractivity contribution in [1.82, 2.24) is 5.43 Å². The molecule has 124 valence electrons. The molecule has 0 saturated heterocycles. The molecule has 0 fully saturated rings. The molecule has 24 heavy (non-hydrogen) atoms. The fourth-order valence-corrected chi connectivity index (χ4v) is 1.87. The first-order valence-corrected chi connectivity index (χ1v) is 7.06. The fraction of sp³-hybridized carbons (Fsp3) is 0.118. The van der Waals surface area contributed by atoms with E-state index in [4.69, 9.17) is 4.74 Å². The van der Waals surface area contributed by atoms with Gasteiger partial charge in [-0.25, -0.2) is 9.82 Å². The number of carbonyl (C=O) groups is 2. The number of rotatable bonds is 4. The molecule has 0 spiro atoms. The number of halogens is 1. The predicted octanol–water partition coefficient (Wildman–Crippen LogP) is 2.31. The number of methoxy groups -OCH3 is 1. The van der Waals surface area contributed by atoms with Gasteiger partial charge < -0.3 is 10.1 Å². The number of carbonyl (C=O) groups excluding carboxylic acids is 2. The van der Waals surface area contributed by atoms with E-state index in [2.05, 4.69) is 15.8 Å². The molecule has 0 aliphatic carbocycles. The van der Waals surface area contributed by atoms with E-state index in [0.717, 1.165) is 0 Å². The number of benzene rings is 2. The van der Waals surface area contributed by atoms with Crippen molar-refractivity contribution in [3.05, 3.63) is 59.9 Å². The summed E-state index contributed by atoms with van der Waals surface area (Å²) in [6, 6.07) is 12.3. The highest BCUT2D eigenvalue weighted by atomic mass is 19.1. The van der Waals surface area contributed by atoms with E-state index in [1.165, 1.54) is 31.4 Å². The number of hydrogen-bond donors (Lipinski definition) is 2. The minimum atomic E-state index is -0.928. The molecule has 6 nitrogen and oxygen atoms in total. The van der Waals surface area contributed by atoms with Crippen LogP contribution in [0.3, 0.4) is 0 Å². The fourth-order valence-electron chi connectivity index (χ4n) is 1.87. The number of hydrazone groups is 1. The largest absolute Gasteiger partial charge is 0.495 e. The van der Waals surface area contributed by atoms with Gasteiger partial charge in [-0.15, -0.1) is 0 Å². The van der Waals surface area contributed by atoms with E-state index in [1.807, 2.05) is 0 Å². The molecule has 0 atom stereocenters. The summed E-state index contributed by atoms with van der Waals surface area (Å²) in [7, 11) is 1.46. The number of nitrogens with one attached hydrogen (secondary N) is 2. The van der Waals surface area contributed by atoms with Crippen LogP contribution >= 0.6 is 0 Å². The molecular weight excluding hydrogens is 313 g/mol. The third-order valence-electron chi connectivity index (χ3n) is 3.15. The molecule has 0 heterocycles. The van der Waals surface area contributed by atoms with E-state index in [0.29, 0.717) is 22.7 Å². The average molecular weight is 329 g/mol. The standard InChI is InChI=1S/C17H16FN3O3/c1-11(12-7-9-13(18)10-8-12)20-21-17(23)16(22)19-14-5-3-4-6-15(14)24-2/h3-10H,1-2H3,(H,19,22)(H,21,23). The summed E-state index contributed by atoms with van der Waals surface area (Å²) in [5.74, 6) is -1.74. The molecule has 0 aliphatic rings. The Morgan fingerprint density at radius 2 is 1.71 bits per heavy atom. The Labute approximate surface area is 138 Å². The first kappa shape index (κ1) is 17.1. The average Bonchev–Trinajstić information content (AvgIpc) is 2.60. The molecular formula is C17H16FN3O3. The van der Waals surface area contributed by atoms with Crippen LogP contribution in [-0.2, 0) is 9.59 Å². The summed E-state index contributed by atoms with van der Waals surface area (Å²) in [4.78, 5) is 23.7. The molecule has 2 aromatic carbocycles. The Bertz CT molecular complexity index is 773. The summed E-state index contributed by atoms with van der Waals surface area (Å²) in [5.41, 5.74) is 3.59. The number of ether oxygens (including phenoxy) is 1. The second kappa shape index (κ2) is 7.87. The highest BCUT2D eigenvalue weighted by Gasteiger charge is 2.15. The molecule has 0 aromatic heterocycles. The van der Waals surface area contributed by atoms with Crippen molar-refractivity contribution in [2.75, 3.05) is 12.4 Å². The van der Waals surface area contributed by atoms with Crippen LogP contribution in [0.5, 0.6) is 5.75 Å². The van der Waals surface area contributed by atoms with Crippen molar-refractivity contribution in [3.63, 3.8) is 0 Å². The van der Waals surface area contributed by atoms with Gasteiger partial charge in [0.2, 0.25) is 0 Å². The van der Waals surface area contributed by atoms with Gasteiger partial charge in [-0.1, -0.05) is 24.3 Å². The van der Waals surface area contributed by atoms with Crippen molar-refractivity contribution in [3.8, 4) is 5.75 Å². The number of nitrogens with zero attached hydrogens (tertiary/aromatic N) is 1. The lowest BCUT2D eigenvalue weighted by molar-refractivity contribution is -0.136. The zero-order valence-electron chi connectivity index (χ0n) is 13.2. The third-order valence-corrected chi connectivity index (χ3v) is 3.15. The summed E-state index contributed by atoms with van der Waals surface area (Å²) in [6.07, 6.45) is 0. The first-order valence-electron chi connectivity index (χ1n) is 7.06. The van der Waals surface area contributed by atoms with E-state index in [9.17, 15) is 14.0 Å². The Kier molecular flexibility index (Phi) is 5.62. The van der Waals surface area contributed by atoms with Crippen molar-refractivity contribution < 1.29 is 18.7 Å². The SMILES string of the molecule is COc1ccccc1NC(=O)C(=O)NN=C(C)c1ccc(F)cc1. The Hall–Kier alpha value is -3.22. The monoisotopic (exact) mass is 329 g/mol. The highest BCUT2D eigenvalue weighted by Crippen LogP contribution is 2.22. The molecule has 2 rings (SSSR count). The Morgan fingerprint density at radius 3 is 2.38 bits per heavy atom. The minimum absolute atomic E-state index is 0.369. The van der Waals surface area contributed by atoms with Crippen LogP contribution in [0.15, 0.2) is 53.6 Å². The molecule has 0 bridgehead atoms. The smallest absolute Gasteiger partial charge is 0.329 e. The van der Waals surface area contributed by atoms with Crippen molar-refractivity contribution in [1.29, 1.82) is 0 Å². The van der Waals surface area contributed by atoms with Gasteiger partial charge in [-0.2, -0.15) is 5.10 Å². The van der Waals surface area contributed by atoms with Crippen LogP contribution < -0.4 is 15.5 Å². The summed E-state index contributed by atoms with van der Waals surface area (Å²) in [5, 5.41) is 6.27. The minimum Gasteiger partial charge on any atom is -0.495 e. The van der Waals surface area contributed by atoms with E-state index in [1.54, 1.807) is 31.2 Å². The van der Waals surface area contributed by atoms with Crippen LogP contribution in [0.1, 0.15) is 12.5 Å². The van der Waals surface area contributed by atoms with Gasteiger partial charge in [0.1, 0.15) is 11.6 Å². The first-order chi connectivity index (χ1) is 11.5. The maximum Gasteiger partial charge on any atom is 0.329 e. The number of amides is 2. The summed E-state index contributed by atoms with van der Waals surface area (Å²) in [6.45, 7) is 1.63. The van der Waals surface area contributed by atoms with Gasteiger partial charge in [0, 0.05) is 0 Å². The molecule has 2 aromatic rings. The Balaban J connectivity index is 2.00. The molecule has 7 heteroatoms. The van der Waals surface area contributed by atoms with Gasteiger partial charge in [-0.05, 0) is 36.8 Å². The molecule has 0 saturated carbocycles. The third kappa shape index (κ3) is 4.39. The van der Waals surface area contributed by atoms with Crippen molar-refractivity contribution in [2.45, 2.75) is 6.92 Å².